The monoisotopic (exact) mass is 203 g/mol. The molecule has 0 spiro atoms. The van der Waals surface area contributed by atoms with Gasteiger partial charge in [0.1, 0.15) is 11.0 Å². The van der Waals surface area contributed by atoms with Crippen molar-refractivity contribution in [2.45, 2.75) is 58.6 Å². The second kappa shape index (κ2) is 5.53. The third-order valence-corrected chi connectivity index (χ3v) is 3.18. The molecule has 0 N–H and O–H groups in total. The average Bonchev–Trinajstić information content (AvgIpc) is 1.99. The van der Waals surface area contributed by atoms with Gasteiger partial charge in [-0.05, 0) is 40.5 Å². The summed E-state index contributed by atoms with van der Waals surface area (Å²) in [6.07, 6.45) is 3.27. The van der Waals surface area contributed by atoms with Crippen molar-refractivity contribution in [3.05, 3.63) is 0 Å². The van der Waals surface area contributed by atoms with E-state index in [9.17, 15) is 4.21 Å². The van der Waals surface area contributed by atoms with E-state index in [1.165, 1.54) is 0 Å². The lowest BCUT2D eigenvalue weighted by Gasteiger charge is -2.13. The van der Waals surface area contributed by atoms with Crippen LogP contribution in [0.2, 0.25) is 0 Å². The maximum atomic E-state index is 11.6. The van der Waals surface area contributed by atoms with Gasteiger partial charge >= 0.3 is 0 Å². The molecule has 0 amide bonds. The molecule has 0 aromatic rings. The van der Waals surface area contributed by atoms with E-state index < -0.39 is 11.0 Å². The summed E-state index contributed by atoms with van der Waals surface area (Å²) < 4.78 is 15.5. The molecule has 1 atom stereocenters. The van der Waals surface area contributed by atoms with E-state index in [1.54, 1.807) is 0 Å². The first kappa shape index (κ1) is 12.8. The summed E-state index contributed by atoms with van der Waals surface area (Å²) in [5, 5.41) is 0. The largest absolute Gasteiger partial charge is 0.234 e. The minimum Gasteiger partial charge on any atom is -0.234 e. The third kappa shape index (κ3) is 5.97. The van der Waals surface area contributed by atoms with Crippen molar-refractivity contribution in [3.63, 3.8) is 0 Å². The van der Waals surface area contributed by atoms with Crippen LogP contribution in [0.3, 0.4) is 0 Å². The summed E-state index contributed by atoms with van der Waals surface area (Å²) in [6.45, 7) is 9.94. The molecule has 0 rings (SSSR count). The molecule has 0 radical (unpaired) electrons. The molecule has 13 heavy (non-hydrogen) atoms. The van der Waals surface area contributed by atoms with Crippen LogP contribution in [0.5, 0.6) is 0 Å². The van der Waals surface area contributed by atoms with Crippen LogP contribution in [0, 0.1) is 0 Å². The van der Waals surface area contributed by atoms with Gasteiger partial charge in [-0.1, -0.05) is 13.3 Å². The molecule has 0 saturated heterocycles. The minimum atomic E-state index is -1.08. The van der Waals surface area contributed by atoms with E-state index in [1.807, 2.05) is 27.7 Å². The zero-order valence-corrected chi connectivity index (χ0v) is 10.2. The normalized spacial score (nSPS) is 15.9. The molecule has 2 nitrogen and oxygen atoms in total. The third-order valence-electron chi connectivity index (χ3n) is 1.65. The molecule has 78 valence electrons. The fourth-order valence-electron chi connectivity index (χ4n) is 0.757. The van der Waals surface area contributed by atoms with Gasteiger partial charge in [-0.15, -0.1) is 0 Å². The molecule has 0 heterocycles. The van der Waals surface area contributed by atoms with Gasteiger partial charge in [0, 0.05) is 5.71 Å². The first-order chi connectivity index (χ1) is 5.88. The van der Waals surface area contributed by atoms with Crippen molar-refractivity contribution in [2.75, 3.05) is 0 Å². The maximum Gasteiger partial charge on any atom is 0.144 e. The molecule has 0 aromatic heterocycles. The van der Waals surface area contributed by atoms with E-state index in [2.05, 4.69) is 11.3 Å². The quantitative estimate of drug-likeness (QED) is 0.646. The van der Waals surface area contributed by atoms with Gasteiger partial charge in [-0.2, -0.15) is 4.40 Å². The highest BCUT2D eigenvalue weighted by molar-refractivity contribution is 7.85. The Kier molecular flexibility index (Phi) is 5.45. The number of hydrogen-bond acceptors (Lipinski definition) is 1. The van der Waals surface area contributed by atoms with Gasteiger partial charge in [-0.25, -0.2) is 4.21 Å². The predicted octanol–water partition coefficient (Wildman–Crippen LogP) is 3.10. The van der Waals surface area contributed by atoms with E-state index in [0.29, 0.717) is 0 Å². The van der Waals surface area contributed by atoms with Gasteiger partial charge < -0.3 is 0 Å². The molecular formula is C10H21NOS. The molecule has 0 aliphatic carbocycles. The summed E-state index contributed by atoms with van der Waals surface area (Å²) in [6, 6.07) is 0. The van der Waals surface area contributed by atoms with Crippen molar-refractivity contribution in [1.29, 1.82) is 0 Å². The summed E-state index contributed by atoms with van der Waals surface area (Å²) in [5.41, 5.74) is 1.01. The lowest BCUT2D eigenvalue weighted by Crippen LogP contribution is -2.20. The fourth-order valence-corrected chi connectivity index (χ4v) is 1.40. The van der Waals surface area contributed by atoms with Crippen molar-refractivity contribution in [3.8, 4) is 0 Å². The molecular weight excluding hydrogens is 182 g/mol. The Morgan fingerprint density at radius 3 is 2.31 bits per heavy atom. The summed E-state index contributed by atoms with van der Waals surface area (Å²) in [7, 11) is -1.08. The van der Waals surface area contributed by atoms with Crippen LogP contribution in [-0.4, -0.2) is 14.7 Å². The second-order valence-electron chi connectivity index (χ2n) is 4.29. The molecule has 0 aliphatic rings. The average molecular weight is 203 g/mol. The van der Waals surface area contributed by atoms with Crippen LogP contribution in [0.15, 0.2) is 4.40 Å². The topological polar surface area (TPSA) is 29.4 Å². The Morgan fingerprint density at radius 1 is 1.38 bits per heavy atom. The highest BCUT2D eigenvalue weighted by Gasteiger charge is 2.18. The first-order valence-electron chi connectivity index (χ1n) is 4.84. The van der Waals surface area contributed by atoms with Crippen LogP contribution in [-0.2, 0) is 11.0 Å². The van der Waals surface area contributed by atoms with Crippen LogP contribution >= 0.6 is 0 Å². The SMILES string of the molecule is CCCCC(C)=NS(=O)C(C)(C)C. The van der Waals surface area contributed by atoms with Gasteiger partial charge in [0.05, 0.1) is 4.75 Å². The van der Waals surface area contributed by atoms with Crippen LogP contribution in [0.4, 0.5) is 0 Å². The standard InChI is InChI=1S/C10H21NOS/c1-6-7-8-9(2)11-13(12)10(3,4)5/h6-8H2,1-5H3. The van der Waals surface area contributed by atoms with Crippen LogP contribution in [0.1, 0.15) is 53.9 Å². The second-order valence-corrected chi connectivity index (χ2v) is 6.20. The van der Waals surface area contributed by atoms with Crippen molar-refractivity contribution < 1.29 is 4.21 Å². The fraction of sp³-hybridized carbons (Fsp3) is 0.900. The minimum absolute atomic E-state index is 0.229. The number of rotatable bonds is 4. The number of nitrogens with zero attached hydrogens (tertiary/aromatic N) is 1. The zero-order chi connectivity index (χ0) is 10.5. The van der Waals surface area contributed by atoms with Gasteiger partial charge in [0.15, 0.2) is 0 Å². The number of hydrogen-bond donors (Lipinski definition) is 0. The van der Waals surface area contributed by atoms with Crippen LogP contribution < -0.4 is 0 Å². The van der Waals surface area contributed by atoms with Crippen LogP contribution in [0.25, 0.3) is 0 Å². The Labute approximate surface area is 84.4 Å². The molecule has 0 aromatic carbocycles. The summed E-state index contributed by atoms with van der Waals surface area (Å²) >= 11 is 0. The van der Waals surface area contributed by atoms with Gasteiger partial charge in [-0.3, -0.25) is 0 Å². The van der Waals surface area contributed by atoms with Crippen molar-refractivity contribution >= 4 is 16.7 Å². The molecule has 0 aliphatic heterocycles. The molecule has 0 fully saturated rings. The van der Waals surface area contributed by atoms with Gasteiger partial charge in [0.25, 0.3) is 0 Å². The molecule has 1 unspecified atom stereocenters. The van der Waals surface area contributed by atoms with Crippen molar-refractivity contribution in [1.82, 2.24) is 0 Å². The van der Waals surface area contributed by atoms with E-state index >= 15 is 0 Å². The molecule has 3 heteroatoms. The smallest absolute Gasteiger partial charge is 0.144 e. The highest BCUT2D eigenvalue weighted by Crippen LogP contribution is 2.13. The summed E-state index contributed by atoms with van der Waals surface area (Å²) in [5.74, 6) is 0. The Balaban J connectivity index is 4.15. The first-order valence-corrected chi connectivity index (χ1v) is 5.94. The zero-order valence-electron chi connectivity index (χ0n) is 9.39. The lowest BCUT2D eigenvalue weighted by atomic mass is 10.2. The Morgan fingerprint density at radius 2 is 1.92 bits per heavy atom. The Hall–Kier alpha value is -0.180. The molecule has 0 saturated carbocycles. The van der Waals surface area contributed by atoms with Gasteiger partial charge in [0.2, 0.25) is 0 Å². The predicted molar refractivity (Wildman–Crippen MR) is 60.5 cm³/mol. The highest BCUT2D eigenvalue weighted by atomic mass is 32.2. The van der Waals surface area contributed by atoms with E-state index in [0.717, 1.165) is 25.0 Å². The van der Waals surface area contributed by atoms with E-state index in [-0.39, 0.29) is 4.75 Å². The Bertz CT molecular complexity index is 203. The summed E-state index contributed by atoms with van der Waals surface area (Å²) in [4.78, 5) is 0. The van der Waals surface area contributed by atoms with E-state index in [4.69, 9.17) is 0 Å². The molecule has 0 bridgehead atoms. The number of unbranched alkanes of at least 4 members (excludes halogenated alkanes) is 1. The lowest BCUT2D eigenvalue weighted by molar-refractivity contribution is 0.650. The maximum absolute atomic E-state index is 11.6. The van der Waals surface area contributed by atoms with Crippen molar-refractivity contribution in [2.24, 2.45) is 4.40 Å².